The Morgan fingerprint density at radius 2 is 2.27 bits per heavy atom. The SMILES string of the molecule is O=Cc1cccc2c1=NCN=2. The fourth-order valence-corrected chi connectivity index (χ4v) is 1.13. The van der Waals surface area contributed by atoms with Gasteiger partial charge in [0.25, 0.3) is 0 Å². The molecule has 0 bridgehead atoms. The molecular weight excluding hydrogens is 140 g/mol. The first-order valence-corrected chi connectivity index (χ1v) is 3.35. The number of benzene rings is 1. The zero-order valence-corrected chi connectivity index (χ0v) is 5.82. The summed E-state index contributed by atoms with van der Waals surface area (Å²) in [5.41, 5.74) is 0.628. The van der Waals surface area contributed by atoms with Gasteiger partial charge in [-0.2, -0.15) is 0 Å². The van der Waals surface area contributed by atoms with Crippen LogP contribution in [0.15, 0.2) is 28.2 Å². The van der Waals surface area contributed by atoms with Gasteiger partial charge >= 0.3 is 0 Å². The van der Waals surface area contributed by atoms with Crippen LogP contribution in [-0.2, 0) is 0 Å². The lowest BCUT2D eigenvalue weighted by Gasteiger charge is -1.85. The predicted octanol–water partition coefficient (Wildman–Crippen LogP) is -0.291. The minimum absolute atomic E-state index is 0.459. The van der Waals surface area contributed by atoms with Crippen molar-refractivity contribution >= 4 is 6.29 Å². The van der Waals surface area contributed by atoms with Crippen molar-refractivity contribution in [3.8, 4) is 0 Å². The van der Waals surface area contributed by atoms with Crippen LogP contribution in [0, 0.1) is 0 Å². The van der Waals surface area contributed by atoms with E-state index in [0.717, 1.165) is 17.0 Å². The first kappa shape index (κ1) is 6.22. The van der Waals surface area contributed by atoms with Crippen molar-refractivity contribution in [2.75, 3.05) is 6.67 Å². The largest absolute Gasteiger partial charge is 0.298 e. The van der Waals surface area contributed by atoms with E-state index in [-0.39, 0.29) is 0 Å². The number of aldehydes is 1. The van der Waals surface area contributed by atoms with Gasteiger partial charge in [0.15, 0.2) is 6.29 Å². The second-order valence-corrected chi connectivity index (χ2v) is 2.29. The Morgan fingerprint density at radius 3 is 3.09 bits per heavy atom. The minimum atomic E-state index is 0.459. The smallest absolute Gasteiger partial charge is 0.152 e. The van der Waals surface area contributed by atoms with Crippen molar-refractivity contribution in [1.82, 2.24) is 0 Å². The van der Waals surface area contributed by atoms with Crippen molar-refractivity contribution in [2.24, 2.45) is 9.98 Å². The Bertz CT molecular complexity index is 409. The average molecular weight is 146 g/mol. The standard InChI is InChI=1S/C8H6N2O/c11-4-6-2-1-3-7-8(6)10-5-9-7/h1-4H,5H2. The van der Waals surface area contributed by atoms with Gasteiger partial charge in [-0.1, -0.05) is 6.07 Å². The van der Waals surface area contributed by atoms with Crippen LogP contribution in [0.25, 0.3) is 0 Å². The van der Waals surface area contributed by atoms with Crippen molar-refractivity contribution in [2.45, 2.75) is 0 Å². The van der Waals surface area contributed by atoms with E-state index in [2.05, 4.69) is 9.98 Å². The van der Waals surface area contributed by atoms with Crippen LogP contribution in [-0.4, -0.2) is 13.0 Å². The van der Waals surface area contributed by atoms with Crippen molar-refractivity contribution in [3.05, 3.63) is 34.5 Å². The van der Waals surface area contributed by atoms with Gasteiger partial charge in [0.1, 0.15) is 6.67 Å². The highest BCUT2D eigenvalue weighted by molar-refractivity contribution is 5.74. The Kier molecular flexibility index (Phi) is 1.28. The van der Waals surface area contributed by atoms with E-state index in [1.807, 2.05) is 12.1 Å². The summed E-state index contributed by atoms with van der Waals surface area (Å²) >= 11 is 0. The normalized spacial score (nSPS) is 13.1. The van der Waals surface area contributed by atoms with Crippen LogP contribution in [0.1, 0.15) is 10.4 Å². The Balaban J connectivity index is 2.91. The molecule has 1 aliphatic rings. The number of para-hydroxylation sites is 1. The van der Waals surface area contributed by atoms with E-state index in [9.17, 15) is 4.79 Å². The first-order valence-electron chi connectivity index (χ1n) is 3.35. The highest BCUT2D eigenvalue weighted by Crippen LogP contribution is 1.85. The van der Waals surface area contributed by atoms with Gasteiger partial charge in [-0.15, -0.1) is 0 Å². The molecule has 1 aromatic rings. The van der Waals surface area contributed by atoms with Gasteiger partial charge in [0.2, 0.25) is 0 Å². The quantitative estimate of drug-likeness (QED) is 0.502. The summed E-state index contributed by atoms with van der Waals surface area (Å²) in [5.74, 6) is 0. The molecule has 3 nitrogen and oxygen atoms in total. The van der Waals surface area contributed by atoms with Gasteiger partial charge in [-0.25, -0.2) is 0 Å². The van der Waals surface area contributed by atoms with Gasteiger partial charge in [-0.05, 0) is 12.1 Å². The minimum Gasteiger partial charge on any atom is -0.298 e. The van der Waals surface area contributed by atoms with E-state index in [1.165, 1.54) is 0 Å². The molecule has 0 aromatic heterocycles. The summed E-state index contributed by atoms with van der Waals surface area (Å²) in [6.07, 6.45) is 0.809. The van der Waals surface area contributed by atoms with Crippen LogP contribution < -0.4 is 10.7 Å². The lowest BCUT2D eigenvalue weighted by Crippen LogP contribution is -2.25. The van der Waals surface area contributed by atoms with Crippen molar-refractivity contribution < 1.29 is 4.79 Å². The molecule has 1 aromatic carbocycles. The second kappa shape index (κ2) is 2.27. The summed E-state index contributed by atoms with van der Waals surface area (Å²) in [7, 11) is 0. The molecule has 2 rings (SSSR count). The molecule has 3 heteroatoms. The third kappa shape index (κ3) is 0.852. The molecule has 0 unspecified atom stereocenters. The third-order valence-corrected chi connectivity index (χ3v) is 1.64. The van der Waals surface area contributed by atoms with E-state index >= 15 is 0 Å². The predicted molar refractivity (Wildman–Crippen MR) is 39.0 cm³/mol. The van der Waals surface area contributed by atoms with Gasteiger partial charge in [-0.3, -0.25) is 14.8 Å². The summed E-state index contributed by atoms with van der Waals surface area (Å²) < 4.78 is 0. The topological polar surface area (TPSA) is 41.8 Å². The van der Waals surface area contributed by atoms with E-state index in [1.54, 1.807) is 6.07 Å². The van der Waals surface area contributed by atoms with Gasteiger partial charge in [0, 0.05) is 5.56 Å². The molecule has 0 fully saturated rings. The number of carbonyl (C=O) groups excluding carboxylic acids is 1. The maximum Gasteiger partial charge on any atom is 0.152 e. The molecule has 0 atom stereocenters. The maximum absolute atomic E-state index is 10.5. The highest BCUT2D eigenvalue weighted by Gasteiger charge is 1.99. The van der Waals surface area contributed by atoms with Crippen LogP contribution in [0.4, 0.5) is 0 Å². The molecule has 0 N–H and O–H groups in total. The summed E-state index contributed by atoms with van der Waals surface area (Å²) in [4.78, 5) is 18.6. The number of fused-ring (bicyclic) bond motifs is 1. The fourth-order valence-electron chi connectivity index (χ4n) is 1.13. The number of rotatable bonds is 1. The molecule has 11 heavy (non-hydrogen) atoms. The Hall–Kier alpha value is -1.51. The molecule has 54 valence electrons. The first-order chi connectivity index (χ1) is 5.42. The monoisotopic (exact) mass is 146 g/mol. The Morgan fingerprint density at radius 1 is 1.36 bits per heavy atom. The third-order valence-electron chi connectivity index (χ3n) is 1.64. The molecule has 0 saturated carbocycles. The van der Waals surface area contributed by atoms with Gasteiger partial charge in [0.05, 0.1) is 10.7 Å². The molecule has 1 aliphatic heterocycles. The van der Waals surface area contributed by atoms with E-state index in [0.29, 0.717) is 12.2 Å². The summed E-state index contributed by atoms with van der Waals surface area (Å²) in [6, 6.07) is 5.42. The summed E-state index contributed by atoms with van der Waals surface area (Å²) in [6.45, 7) is 0.459. The fraction of sp³-hybridized carbons (Fsp3) is 0.125. The number of hydrogen-bond donors (Lipinski definition) is 0. The number of carbonyl (C=O) groups is 1. The molecule has 0 amide bonds. The number of hydrogen-bond acceptors (Lipinski definition) is 3. The van der Waals surface area contributed by atoms with Crippen molar-refractivity contribution in [3.63, 3.8) is 0 Å². The lowest BCUT2D eigenvalue weighted by atomic mass is 10.2. The van der Waals surface area contributed by atoms with Crippen molar-refractivity contribution in [1.29, 1.82) is 0 Å². The van der Waals surface area contributed by atoms with Crippen LogP contribution >= 0.6 is 0 Å². The highest BCUT2D eigenvalue weighted by atomic mass is 16.1. The Labute approximate surface area is 63.1 Å². The molecule has 0 radical (unpaired) electrons. The number of nitrogens with zero attached hydrogens (tertiary/aromatic N) is 2. The zero-order valence-electron chi connectivity index (χ0n) is 5.82. The molecule has 0 spiro atoms. The van der Waals surface area contributed by atoms with Gasteiger partial charge < -0.3 is 0 Å². The average Bonchev–Trinajstić information content (AvgIpc) is 2.50. The second-order valence-electron chi connectivity index (χ2n) is 2.29. The van der Waals surface area contributed by atoms with E-state index in [4.69, 9.17) is 0 Å². The molecule has 0 aliphatic carbocycles. The summed E-state index contributed by atoms with van der Waals surface area (Å²) in [5, 5.41) is 1.57. The maximum atomic E-state index is 10.5. The van der Waals surface area contributed by atoms with Crippen LogP contribution in [0.5, 0.6) is 0 Å². The van der Waals surface area contributed by atoms with Crippen LogP contribution in [0.3, 0.4) is 0 Å². The lowest BCUT2D eigenvalue weighted by molar-refractivity contribution is 0.112. The molecule has 0 saturated heterocycles. The zero-order chi connectivity index (χ0) is 7.68. The molecule has 1 heterocycles. The molecular formula is C8H6N2O. The van der Waals surface area contributed by atoms with E-state index < -0.39 is 0 Å². The van der Waals surface area contributed by atoms with Crippen LogP contribution in [0.2, 0.25) is 0 Å².